The summed E-state index contributed by atoms with van der Waals surface area (Å²) in [6, 6.07) is 6.71. The average molecular weight is 284 g/mol. The van der Waals surface area contributed by atoms with Crippen molar-refractivity contribution in [2.75, 3.05) is 11.9 Å². The van der Waals surface area contributed by atoms with E-state index >= 15 is 0 Å². The summed E-state index contributed by atoms with van der Waals surface area (Å²) < 4.78 is 0. The Morgan fingerprint density at radius 3 is 2.42 bits per heavy atom. The Morgan fingerprint density at radius 1 is 1.37 bits per heavy atom. The lowest BCUT2D eigenvalue weighted by Crippen LogP contribution is -2.53. The SMILES string of the molecule is CC(C)CC(C)(CN)NC(=O)Nc1ccc(Cl)cc1. The Bertz CT molecular complexity index is 419. The molecule has 4 nitrogen and oxygen atoms in total. The molecule has 0 heterocycles. The van der Waals surface area contributed by atoms with Crippen molar-refractivity contribution < 1.29 is 4.79 Å². The zero-order valence-electron chi connectivity index (χ0n) is 11.7. The molecule has 0 saturated heterocycles. The van der Waals surface area contributed by atoms with Crippen LogP contribution in [0.5, 0.6) is 0 Å². The molecule has 0 fully saturated rings. The van der Waals surface area contributed by atoms with Crippen LogP contribution in [0, 0.1) is 5.92 Å². The summed E-state index contributed by atoms with van der Waals surface area (Å²) in [5, 5.41) is 6.33. The fourth-order valence-corrected chi connectivity index (χ4v) is 2.18. The minimum atomic E-state index is -0.398. The molecule has 0 spiro atoms. The summed E-state index contributed by atoms with van der Waals surface area (Å²) in [4.78, 5) is 11.9. The van der Waals surface area contributed by atoms with E-state index in [1.807, 2.05) is 6.92 Å². The van der Waals surface area contributed by atoms with E-state index in [0.29, 0.717) is 23.2 Å². The highest BCUT2D eigenvalue weighted by atomic mass is 35.5. The zero-order chi connectivity index (χ0) is 14.5. The Balaban J connectivity index is 2.60. The summed E-state index contributed by atoms with van der Waals surface area (Å²) in [5.41, 5.74) is 6.06. The van der Waals surface area contributed by atoms with Crippen LogP contribution in [0.3, 0.4) is 0 Å². The molecule has 1 atom stereocenters. The van der Waals surface area contributed by atoms with Gasteiger partial charge >= 0.3 is 6.03 Å². The summed E-state index contributed by atoms with van der Waals surface area (Å²) in [6.45, 7) is 6.56. The summed E-state index contributed by atoms with van der Waals surface area (Å²) in [5.74, 6) is 0.462. The lowest BCUT2D eigenvalue weighted by molar-refractivity contribution is 0.233. The molecule has 0 saturated carbocycles. The number of benzene rings is 1. The van der Waals surface area contributed by atoms with Gasteiger partial charge in [0.05, 0.1) is 5.54 Å². The number of rotatable bonds is 5. The molecule has 2 amide bonds. The molecule has 106 valence electrons. The number of halogens is 1. The van der Waals surface area contributed by atoms with Gasteiger partial charge in [-0.05, 0) is 43.5 Å². The van der Waals surface area contributed by atoms with Gasteiger partial charge in [-0.15, -0.1) is 0 Å². The fraction of sp³-hybridized carbons (Fsp3) is 0.500. The highest BCUT2D eigenvalue weighted by molar-refractivity contribution is 6.30. The molecule has 19 heavy (non-hydrogen) atoms. The second-order valence-electron chi connectivity index (χ2n) is 5.45. The predicted molar refractivity (Wildman–Crippen MR) is 80.5 cm³/mol. The van der Waals surface area contributed by atoms with Gasteiger partial charge in [0.25, 0.3) is 0 Å². The average Bonchev–Trinajstić information content (AvgIpc) is 2.31. The van der Waals surface area contributed by atoms with E-state index < -0.39 is 5.54 Å². The predicted octanol–water partition coefficient (Wildman–Crippen LogP) is 3.23. The summed E-state index contributed by atoms with van der Waals surface area (Å²) in [6.07, 6.45) is 0.831. The molecule has 1 unspecified atom stereocenters. The van der Waals surface area contributed by atoms with Crippen LogP contribution >= 0.6 is 11.6 Å². The van der Waals surface area contributed by atoms with Crippen LogP contribution < -0.4 is 16.4 Å². The van der Waals surface area contributed by atoms with E-state index in [4.69, 9.17) is 17.3 Å². The number of urea groups is 1. The van der Waals surface area contributed by atoms with Gasteiger partial charge in [-0.25, -0.2) is 4.79 Å². The van der Waals surface area contributed by atoms with E-state index in [0.717, 1.165) is 6.42 Å². The van der Waals surface area contributed by atoms with Crippen molar-refractivity contribution >= 4 is 23.3 Å². The molecule has 1 rings (SSSR count). The van der Waals surface area contributed by atoms with Crippen molar-refractivity contribution in [3.8, 4) is 0 Å². The number of carbonyl (C=O) groups is 1. The molecule has 0 aromatic heterocycles. The maximum atomic E-state index is 11.9. The molecule has 0 bridgehead atoms. The standard InChI is InChI=1S/C14H22ClN3O/c1-10(2)8-14(3,9-16)18-13(19)17-12-6-4-11(15)5-7-12/h4-7,10H,8-9,16H2,1-3H3,(H2,17,18,19). The number of nitrogens with two attached hydrogens (primary N) is 1. The van der Waals surface area contributed by atoms with Crippen LogP contribution in [0.2, 0.25) is 5.02 Å². The van der Waals surface area contributed by atoms with Gasteiger partial charge in [0.1, 0.15) is 0 Å². The number of anilines is 1. The van der Waals surface area contributed by atoms with Gasteiger partial charge in [0.2, 0.25) is 0 Å². The summed E-state index contributed by atoms with van der Waals surface area (Å²) in [7, 11) is 0. The Hall–Kier alpha value is -1.26. The zero-order valence-corrected chi connectivity index (χ0v) is 12.4. The molecule has 1 aromatic carbocycles. The van der Waals surface area contributed by atoms with Gasteiger partial charge < -0.3 is 16.4 Å². The molecule has 0 aliphatic carbocycles. The molecule has 0 aliphatic rings. The molecule has 1 aromatic rings. The maximum Gasteiger partial charge on any atom is 0.319 e. The first kappa shape index (κ1) is 15.8. The van der Waals surface area contributed by atoms with Crippen molar-refractivity contribution in [2.45, 2.75) is 32.7 Å². The minimum Gasteiger partial charge on any atom is -0.331 e. The topological polar surface area (TPSA) is 67.1 Å². The quantitative estimate of drug-likeness (QED) is 0.777. The number of hydrogen-bond donors (Lipinski definition) is 3. The third kappa shape index (κ3) is 5.49. The van der Waals surface area contributed by atoms with Gasteiger partial charge in [-0.2, -0.15) is 0 Å². The van der Waals surface area contributed by atoms with Crippen LogP contribution in [0.15, 0.2) is 24.3 Å². The maximum absolute atomic E-state index is 11.9. The van der Waals surface area contributed by atoms with Gasteiger partial charge in [0, 0.05) is 17.3 Å². The minimum absolute atomic E-state index is 0.254. The Kier molecular flexibility index (Phi) is 5.63. The van der Waals surface area contributed by atoms with Crippen molar-refractivity contribution in [1.82, 2.24) is 5.32 Å². The first-order valence-electron chi connectivity index (χ1n) is 6.39. The van der Waals surface area contributed by atoms with Crippen molar-refractivity contribution in [2.24, 2.45) is 11.7 Å². The second kappa shape index (κ2) is 6.78. The van der Waals surface area contributed by atoms with Crippen molar-refractivity contribution in [3.05, 3.63) is 29.3 Å². The van der Waals surface area contributed by atoms with E-state index in [1.54, 1.807) is 24.3 Å². The van der Waals surface area contributed by atoms with Crippen LogP contribution in [0.4, 0.5) is 10.5 Å². The normalized spacial score (nSPS) is 14.0. The monoisotopic (exact) mass is 283 g/mol. The third-order valence-corrected chi connectivity index (χ3v) is 3.08. The van der Waals surface area contributed by atoms with Crippen LogP contribution in [0.1, 0.15) is 27.2 Å². The van der Waals surface area contributed by atoms with Gasteiger partial charge in [-0.3, -0.25) is 0 Å². The van der Waals surface area contributed by atoms with Crippen molar-refractivity contribution in [3.63, 3.8) is 0 Å². The lowest BCUT2D eigenvalue weighted by atomic mass is 9.91. The van der Waals surface area contributed by atoms with Gasteiger partial charge in [0.15, 0.2) is 0 Å². The third-order valence-electron chi connectivity index (χ3n) is 2.83. The van der Waals surface area contributed by atoms with Gasteiger partial charge in [-0.1, -0.05) is 25.4 Å². The van der Waals surface area contributed by atoms with Crippen LogP contribution in [-0.2, 0) is 0 Å². The number of amides is 2. The number of carbonyl (C=O) groups excluding carboxylic acids is 1. The molecule has 0 aliphatic heterocycles. The van der Waals surface area contributed by atoms with E-state index in [9.17, 15) is 4.79 Å². The highest BCUT2D eigenvalue weighted by Crippen LogP contribution is 2.16. The molecule has 5 heteroatoms. The molecular formula is C14H22ClN3O. The number of nitrogens with one attached hydrogen (secondary N) is 2. The highest BCUT2D eigenvalue weighted by Gasteiger charge is 2.25. The largest absolute Gasteiger partial charge is 0.331 e. The van der Waals surface area contributed by atoms with E-state index in [-0.39, 0.29) is 6.03 Å². The van der Waals surface area contributed by atoms with E-state index in [1.165, 1.54) is 0 Å². The van der Waals surface area contributed by atoms with Crippen LogP contribution in [0.25, 0.3) is 0 Å². The molecular weight excluding hydrogens is 262 g/mol. The molecule has 0 radical (unpaired) electrons. The van der Waals surface area contributed by atoms with Crippen LogP contribution in [-0.4, -0.2) is 18.1 Å². The summed E-state index contributed by atoms with van der Waals surface area (Å²) >= 11 is 5.79. The van der Waals surface area contributed by atoms with Crippen molar-refractivity contribution in [1.29, 1.82) is 0 Å². The Morgan fingerprint density at radius 2 is 1.95 bits per heavy atom. The first-order valence-corrected chi connectivity index (χ1v) is 6.77. The second-order valence-corrected chi connectivity index (χ2v) is 5.89. The smallest absolute Gasteiger partial charge is 0.319 e. The molecule has 4 N–H and O–H groups in total. The Labute approximate surface area is 119 Å². The number of hydrogen-bond acceptors (Lipinski definition) is 2. The first-order chi connectivity index (χ1) is 8.84. The lowest BCUT2D eigenvalue weighted by Gasteiger charge is -2.31. The fourth-order valence-electron chi connectivity index (χ4n) is 2.06. The van der Waals surface area contributed by atoms with E-state index in [2.05, 4.69) is 24.5 Å².